The van der Waals surface area contributed by atoms with Crippen LogP contribution in [0.4, 0.5) is 5.69 Å². The lowest BCUT2D eigenvalue weighted by Gasteiger charge is -2.22. The molecule has 1 heterocycles. The van der Waals surface area contributed by atoms with Gasteiger partial charge in [-0.05, 0) is 18.6 Å². The molecule has 0 saturated carbocycles. The maximum atomic E-state index is 12.4. The van der Waals surface area contributed by atoms with Gasteiger partial charge < -0.3 is 0 Å². The topological polar surface area (TPSA) is 80.5 Å². The molecule has 0 unspecified atom stereocenters. The fourth-order valence-electron chi connectivity index (χ4n) is 1.82. The number of sulfonamides is 1. The van der Waals surface area contributed by atoms with Gasteiger partial charge in [0.15, 0.2) is 4.90 Å². The minimum Gasteiger partial charge on any atom is -0.258 e. The summed E-state index contributed by atoms with van der Waals surface area (Å²) < 4.78 is 26.6. The van der Waals surface area contributed by atoms with E-state index < -0.39 is 20.6 Å². The molecule has 19 heavy (non-hydrogen) atoms. The van der Waals surface area contributed by atoms with Gasteiger partial charge in [-0.2, -0.15) is 4.31 Å². The van der Waals surface area contributed by atoms with E-state index in [0.717, 1.165) is 0 Å². The number of nitro groups is 1. The van der Waals surface area contributed by atoms with Gasteiger partial charge >= 0.3 is 0 Å². The third kappa shape index (κ3) is 2.85. The minimum absolute atomic E-state index is 0.242. The molecule has 0 N–H and O–H groups in total. The third-order valence-electron chi connectivity index (χ3n) is 2.76. The lowest BCUT2D eigenvalue weighted by atomic mass is 10.3. The highest BCUT2D eigenvalue weighted by atomic mass is 79.9. The Bertz CT molecular complexity index is 642. The first kappa shape index (κ1) is 14.2. The van der Waals surface area contributed by atoms with Crippen molar-refractivity contribution in [2.75, 3.05) is 13.1 Å². The van der Waals surface area contributed by atoms with Crippen LogP contribution in [0.2, 0.25) is 0 Å². The maximum Gasteiger partial charge on any atom is 0.289 e. The van der Waals surface area contributed by atoms with E-state index in [1.807, 2.05) is 6.08 Å². The first-order chi connectivity index (χ1) is 8.93. The molecule has 0 amide bonds. The van der Waals surface area contributed by atoms with Crippen LogP contribution in [-0.2, 0) is 10.0 Å². The molecule has 0 fully saturated rings. The molecule has 0 saturated heterocycles. The minimum atomic E-state index is -3.85. The molecule has 102 valence electrons. The Hall–Kier alpha value is -1.25. The van der Waals surface area contributed by atoms with Crippen molar-refractivity contribution < 1.29 is 13.3 Å². The summed E-state index contributed by atoms with van der Waals surface area (Å²) in [6, 6.07) is 3.91. The highest BCUT2D eigenvalue weighted by Crippen LogP contribution is 2.30. The van der Waals surface area contributed by atoms with Crippen LogP contribution < -0.4 is 0 Å². The van der Waals surface area contributed by atoms with Crippen molar-refractivity contribution in [2.24, 2.45) is 0 Å². The van der Waals surface area contributed by atoms with Crippen molar-refractivity contribution in [1.29, 1.82) is 0 Å². The molecule has 0 aliphatic carbocycles. The number of nitrogens with zero attached hydrogens (tertiary/aromatic N) is 2. The molecule has 0 atom stereocenters. The number of nitro benzene ring substituents is 1. The summed E-state index contributed by atoms with van der Waals surface area (Å²) in [6.07, 6.45) is 4.24. The fourth-order valence-corrected chi connectivity index (χ4v) is 3.92. The zero-order valence-electron chi connectivity index (χ0n) is 9.82. The predicted molar refractivity (Wildman–Crippen MR) is 73.3 cm³/mol. The molecule has 8 heteroatoms. The van der Waals surface area contributed by atoms with Crippen molar-refractivity contribution >= 4 is 31.6 Å². The zero-order valence-corrected chi connectivity index (χ0v) is 12.2. The van der Waals surface area contributed by atoms with Crippen molar-refractivity contribution in [3.8, 4) is 0 Å². The van der Waals surface area contributed by atoms with Crippen molar-refractivity contribution in [1.82, 2.24) is 4.31 Å². The molecule has 1 aliphatic rings. The monoisotopic (exact) mass is 346 g/mol. The fraction of sp³-hybridized carbons (Fsp3) is 0.273. The van der Waals surface area contributed by atoms with E-state index in [-0.39, 0.29) is 11.4 Å². The largest absolute Gasteiger partial charge is 0.289 e. The van der Waals surface area contributed by atoms with Crippen LogP contribution in [0, 0.1) is 10.1 Å². The van der Waals surface area contributed by atoms with Gasteiger partial charge in [0.05, 0.1) is 4.92 Å². The number of halogens is 1. The molecule has 1 aromatic rings. The van der Waals surface area contributed by atoms with Crippen molar-refractivity contribution in [3.05, 3.63) is 44.9 Å². The van der Waals surface area contributed by atoms with E-state index in [0.29, 0.717) is 17.4 Å². The quantitative estimate of drug-likeness (QED) is 0.477. The molecule has 0 aromatic heterocycles. The van der Waals surface area contributed by atoms with Gasteiger partial charge in [-0.1, -0.05) is 28.1 Å². The Labute approximate surface area is 119 Å². The van der Waals surface area contributed by atoms with Gasteiger partial charge in [0.1, 0.15) is 0 Å². The molecule has 0 spiro atoms. The summed E-state index contributed by atoms with van der Waals surface area (Å²) in [5.74, 6) is 0. The van der Waals surface area contributed by atoms with Crippen LogP contribution in [0.3, 0.4) is 0 Å². The highest BCUT2D eigenvalue weighted by molar-refractivity contribution is 9.10. The molecular formula is C11H11BrN2O4S. The van der Waals surface area contributed by atoms with E-state index in [9.17, 15) is 18.5 Å². The Balaban J connectivity index is 2.53. The Morgan fingerprint density at radius 2 is 2.05 bits per heavy atom. The number of hydrogen-bond donors (Lipinski definition) is 0. The number of rotatable bonds is 3. The van der Waals surface area contributed by atoms with E-state index in [4.69, 9.17) is 0 Å². The first-order valence-electron chi connectivity index (χ1n) is 5.52. The maximum absolute atomic E-state index is 12.4. The molecule has 2 rings (SSSR count). The Kier molecular flexibility index (Phi) is 4.02. The summed E-state index contributed by atoms with van der Waals surface area (Å²) in [6.45, 7) is 0.578. The van der Waals surface area contributed by atoms with Crippen molar-refractivity contribution in [2.45, 2.75) is 11.3 Å². The van der Waals surface area contributed by atoms with Gasteiger partial charge in [0, 0.05) is 23.6 Å². The summed E-state index contributed by atoms with van der Waals surface area (Å²) in [5.41, 5.74) is -0.405. The molecule has 6 nitrogen and oxygen atoms in total. The summed E-state index contributed by atoms with van der Waals surface area (Å²) in [5, 5.41) is 11.0. The van der Waals surface area contributed by atoms with E-state index in [1.165, 1.54) is 22.5 Å². The predicted octanol–water partition coefficient (Wildman–Crippen LogP) is 2.31. The average Bonchev–Trinajstić information content (AvgIpc) is 2.39. The summed E-state index contributed by atoms with van der Waals surface area (Å²) >= 11 is 3.14. The van der Waals surface area contributed by atoms with Gasteiger partial charge in [0.2, 0.25) is 10.0 Å². The summed E-state index contributed by atoms with van der Waals surface area (Å²) in [4.78, 5) is 10.00. The van der Waals surface area contributed by atoms with Crippen LogP contribution in [0.1, 0.15) is 6.42 Å². The van der Waals surface area contributed by atoms with Crippen LogP contribution in [0.15, 0.2) is 39.7 Å². The van der Waals surface area contributed by atoms with E-state index in [1.54, 1.807) is 6.08 Å². The standard InChI is InChI=1S/C11H11BrN2O4S/c12-9-4-5-10(14(15)16)11(8-9)19(17,18)13-6-2-1-3-7-13/h1-2,4-5,8H,3,6-7H2. The van der Waals surface area contributed by atoms with Gasteiger partial charge in [-0.25, -0.2) is 8.42 Å². The van der Waals surface area contributed by atoms with Crippen LogP contribution >= 0.6 is 15.9 Å². The highest BCUT2D eigenvalue weighted by Gasteiger charge is 2.31. The molecular weight excluding hydrogens is 336 g/mol. The molecule has 1 aromatic carbocycles. The molecule has 0 radical (unpaired) electrons. The second kappa shape index (κ2) is 5.40. The van der Waals surface area contributed by atoms with Gasteiger partial charge in [0.25, 0.3) is 5.69 Å². The molecule has 1 aliphatic heterocycles. The first-order valence-corrected chi connectivity index (χ1v) is 7.75. The van der Waals surface area contributed by atoms with E-state index >= 15 is 0 Å². The Morgan fingerprint density at radius 3 is 2.63 bits per heavy atom. The second-order valence-electron chi connectivity index (χ2n) is 3.99. The smallest absolute Gasteiger partial charge is 0.258 e. The van der Waals surface area contributed by atoms with Crippen LogP contribution in [-0.4, -0.2) is 30.7 Å². The lowest BCUT2D eigenvalue weighted by Crippen LogP contribution is -2.34. The van der Waals surface area contributed by atoms with Crippen molar-refractivity contribution in [3.63, 3.8) is 0 Å². The van der Waals surface area contributed by atoms with Crippen LogP contribution in [0.5, 0.6) is 0 Å². The third-order valence-corrected chi connectivity index (χ3v) is 5.14. The Morgan fingerprint density at radius 1 is 1.32 bits per heavy atom. The number of benzene rings is 1. The van der Waals surface area contributed by atoms with Crippen LogP contribution in [0.25, 0.3) is 0 Å². The lowest BCUT2D eigenvalue weighted by molar-refractivity contribution is -0.387. The number of hydrogen-bond acceptors (Lipinski definition) is 4. The average molecular weight is 347 g/mol. The zero-order chi connectivity index (χ0) is 14.0. The second-order valence-corrected chi connectivity index (χ2v) is 6.81. The van der Waals surface area contributed by atoms with E-state index in [2.05, 4.69) is 15.9 Å². The van der Waals surface area contributed by atoms with Gasteiger partial charge in [-0.15, -0.1) is 0 Å². The molecule has 0 bridgehead atoms. The van der Waals surface area contributed by atoms with Gasteiger partial charge in [-0.3, -0.25) is 10.1 Å². The SMILES string of the molecule is O=[N+]([O-])c1ccc(Br)cc1S(=O)(=O)N1CC=CCC1. The summed E-state index contributed by atoms with van der Waals surface area (Å²) in [7, 11) is -3.85. The normalized spacial score (nSPS) is 16.5.